The third-order valence-corrected chi connectivity index (χ3v) is 5.06. The van der Waals surface area contributed by atoms with Gasteiger partial charge in [-0.05, 0) is 36.2 Å². The van der Waals surface area contributed by atoms with E-state index in [1.165, 1.54) is 0 Å². The van der Waals surface area contributed by atoms with Crippen LogP contribution in [0.4, 0.5) is 5.69 Å². The number of nitrogens with one attached hydrogen (secondary N) is 1. The number of nitrogens with zero attached hydrogens (tertiary/aromatic N) is 3. The van der Waals surface area contributed by atoms with Gasteiger partial charge in [0.15, 0.2) is 0 Å². The second-order valence-corrected chi connectivity index (χ2v) is 6.90. The lowest BCUT2D eigenvalue weighted by atomic mass is 10.1. The van der Waals surface area contributed by atoms with Crippen LogP contribution in [0.5, 0.6) is 0 Å². The lowest BCUT2D eigenvalue weighted by Gasteiger charge is -2.16. The lowest BCUT2D eigenvalue weighted by Crippen LogP contribution is -2.23. The van der Waals surface area contributed by atoms with Gasteiger partial charge in [0.25, 0.3) is 5.56 Å². The molecule has 0 saturated carbocycles. The van der Waals surface area contributed by atoms with Gasteiger partial charge in [-0.2, -0.15) is 5.10 Å². The molecule has 0 radical (unpaired) electrons. The fourth-order valence-corrected chi connectivity index (χ4v) is 3.79. The van der Waals surface area contributed by atoms with Crippen LogP contribution in [0.25, 0.3) is 16.6 Å². The first-order valence-corrected chi connectivity index (χ1v) is 9.08. The first-order valence-electron chi connectivity index (χ1n) is 9.08. The Kier molecular flexibility index (Phi) is 3.57. The van der Waals surface area contributed by atoms with Gasteiger partial charge in [0, 0.05) is 31.1 Å². The van der Waals surface area contributed by atoms with Gasteiger partial charge in [-0.25, -0.2) is 4.52 Å². The van der Waals surface area contributed by atoms with E-state index >= 15 is 0 Å². The summed E-state index contributed by atoms with van der Waals surface area (Å²) in [7, 11) is 0. The number of hydrogen-bond acceptors (Lipinski definition) is 3. The van der Waals surface area contributed by atoms with E-state index in [0.29, 0.717) is 23.9 Å². The number of anilines is 1. The second kappa shape index (κ2) is 6.09. The Labute approximate surface area is 155 Å². The van der Waals surface area contributed by atoms with Gasteiger partial charge >= 0.3 is 0 Å². The maximum Gasteiger partial charge on any atom is 0.259 e. The summed E-state index contributed by atoms with van der Waals surface area (Å²) >= 11 is 0. The van der Waals surface area contributed by atoms with E-state index in [9.17, 15) is 9.59 Å². The molecule has 27 heavy (non-hydrogen) atoms. The quantitative estimate of drug-likeness (QED) is 0.612. The number of para-hydroxylation sites is 1. The number of fused-ring (bicyclic) bond motifs is 3. The van der Waals surface area contributed by atoms with Crippen molar-refractivity contribution in [3.8, 4) is 0 Å². The lowest BCUT2D eigenvalue weighted by molar-refractivity contribution is -0.117. The normalized spacial score (nSPS) is 14.5. The Hall–Kier alpha value is -3.41. The van der Waals surface area contributed by atoms with E-state index in [-0.39, 0.29) is 11.5 Å². The first kappa shape index (κ1) is 15.8. The van der Waals surface area contributed by atoms with Gasteiger partial charge in [-0.1, -0.05) is 24.3 Å². The Morgan fingerprint density at radius 2 is 1.93 bits per heavy atom. The summed E-state index contributed by atoms with van der Waals surface area (Å²) in [5, 5.41) is 5.31. The molecule has 1 N–H and O–H groups in total. The third-order valence-electron chi connectivity index (χ3n) is 5.06. The average Bonchev–Trinajstić information content (AvgIpc) is 3.28. The molecule has 0 aliphatic carbocycles. The summed E-state index contributed by atoms with van der Waals surface area (Å²) in [6.45, 7) is 0.782. The zero-order valence-corrected chi connectivity index (χ0v) is 14.7. The van der Waals surface area contributed by atoms with Gasteiger partial charge in [-0.15, -0.1) is 0 Å². The molecule has 6 heteroatoms. The molecule has 1 aliphatic heterocycles. The van der Waals surface area contributed by atoms with Crippen molar-refractivity contribution in [3.05, 3.63) is 76.2 Å². The molecule has 1 fully saturated rings. The van der Waals surface area contributed by atoms with Crippen LogP contribution >= 0.6 is 0 Å². The van der Waals surface area contributed by atoms with Gasteiger partial charge in [0.1, 0.15) is 5.65 Å². The third kappa shape index (κ3) is 2.70. The number of aromatic amines is 1. The molecule has 0 bridgehead atoms. The number of H-pyrrole nitrogens is 1. The van der Waals surface area contributed by atoms with Gasteiger partial charge < -0.3 is 9.88 Å². The van der Waals surface area contributed by atoms with Crippen molar-refractivity contribution in [2.45, 2.75) is 19.3 Å². The monoisotopic (exact) mass is 358 g/mol. The van der Waals surface area contributed by atoms with Crippen molar-refractivity contribution in [2.75, 3.05) is 11.4 Å². The van der Waals surface area contributed by atoms with E-state index in [1.807, 2.05) is 53.4 Å². The molecule has 0 spiro atoms. The van der Waals surface area contributed by atoms with Gasteiger partial charge in [-0.3, -0.25) is 9.59 Å². The molecule has 1 amide bonds. The van der Waals surface area contributed by atoms with E-state index in [1.54, 1.807) is 10.6 Å². The molecular weight excluding hydrogens is 340 g/mol. The van der Waals surface area contributed by atoms with Crippen LogP contribution in [0.15, 0.2) is 59.4 Å². The number of carbonyl (C=O) groups excluding carboxylic acids is 1. The zero-order chi connectivity index (χ0) is 18.4. The molecule has 2 aromatic carbocycles. The predicted octanol–water partition coefficient (Wildman–Crippen LogP) is 2.89. The number of hydrogen-bond donors (Lipinski definition) is 1. The molecule has 2 aromatic heterocycles. The van der Waals surface area contributed by atoms with E-state index in [0.717, 1.165) is 35.4 Å². The highest BCUT2D eigenvalue weighted by Gasteiger charge is 2.21. The highest BCUT2D eigenvalue weighted by molar-refractivity contribution is 5.95. The number of rotatable bonds is 3. The Bertz CT molecular complexity index is 1240. The maximum atomic E-state index is 12.2. The molecular formula is C21H18N4O2. The number of aromatic nitrogens is 3. The molecule has 0 unspecified atom stereocenters. The van der Waals surface area contributed by atoms with E-state index in [2.05, 4.69) is 10.1 Å². The van der Waals surface area contributed by atoms with Crippen LogP contribution in [0.2, 0.25) is 0 Å². The van der Waals surface area contributed by atoms with Crippen LogP contribution < -0.4 is 10.5 Å². The minimum atomic E-state index is -0.112. The van der Waals surface area contributed by atoms with E-state index in [4.69, 9.17) is 0 Å². The summed E-state index contributed by atoms with van der Waals surface area (Å²) in [6, 6.07) is 17.4. The summed E-state index contributed by atoms with van der Waals surface area (Å²) < 4.78 is 1.78. The fraction of sp³-hybridized carbons (Fsp3) is 0.190. The molecule has 5 rings (SSSR count). The van der Waals surface area contributed by atoms with Gasteiger partial charge in [0.2, 0.25) is 5.91 Å². The Morgan fingerprint density at radius 3 is 2.78 bits per heavy atom. The molecule has 4 aromatic rings. The topological polar surface area (TPSA) is 70.5 Å². The van der Waals surface area contributed by atoms with Crippen molar-refractivity contribution in [3.63, 3.8) is 0 Å². The van der Waals surface area contributed by atoms with Crippen LogP contribution in [0, 0.1) is 0 Å². The highest BCUT2D eigenvalue weighted by atomic mass is 16.2. The fourth-order valence-electron chi connectivity index (χ4n) is 3.79. The molecule has 3 heterocycles. The zero-order valence-electron chi connectivity index (χ0n) is 14.7. The molecule has 1 saturated heterocycles. The summed E-state index contributed by atoms with van der Waals surface area (Å²) in [5.41, 5.74) is 4.25. The van der Waals surface area contributed by atoms with Crippen molar-refractivity contribution in [1.29, 1.82) is 0 Å². The predicted molar refractivity (Wildman–Crippen MR) is 104 cm³/mol. The molecule has 1 aliphatic rings. The largest absolute Gasteiger partial charge is 0.312 e. The Balaban J connectivity index is 1.53. The van der Waals surface area contributed by atoms with E-state index < -0.39 is 0 Å². The minimum Gasteiger partial charge on any atom is -0.312 e. The van der Waals surface area contributed by atoms with Crippen LogP contribution in [-0.2, 0) is 11.2 Å². The van der Waals surface area contributed by atoms with Crippen molar-refractivity contribution in [1.82, 2.24) is 14.6 Å². The van der Waals surface area contributed by atoms with Gasteiger partial charge in [0.05, 0.1) is 16.6 Å². The number of carbonyl (C=O) groups is 1. The number of amides is 1. The summed E-state index contributed by atoms with van der Waals surface area (Å²) in [6.07, 6.45) is 2.17. The average molecular weight is 358 g/mol. The van der Waals surface area contributed by atoms with Crippen molar-refractivity contribution >= 4 is 28.1 Å². The minimum absolute atomic E-state index is 0.112. The second-order valence-electron chi connectivity index (χ2n) is 6.90. The SMILES string of the molecule is O=C1CCCN1c1cccc(Cc2cc3[nH]c(=O)c4ccccc4n3n2)c1. The van der Waals surface area contributed by atoms with Crippen LogP contribution in [0.1, 0.15) is 24.1 Å². The standard InChI is InChI=1S/C21H18N4O2/c26-20-9-4-10-24(20)16-6-3-5-14(12-16)11-15-13-19-22-21(27)17-7-1-2-8-18(17)25(19)23-15/h1-3,5-8,12-13H,4,9-11H2,(H,22,27). The summed E-state index contributed by atoms with van der Waals surface area (Å²) in [4.78, 5) is 29.0. The molecule has 6 nitrogen and oxygen atoms in total. The smallest absolute Gasteiger partial charge is 0.259 e. The van der Waals surface area contributed by atoms with Crippen LogP contribution in [0.3, 0.4) is 0 Å². The van der Waals surface area contributed by atoms with Crippen molar-refractivity contribution < 1.29 is 4.79 Å². The first-order chi connectivity index (χ1) is 13.2. The summed E-state index contributed by atoms with van der Waals surface area (Å²) in [5.74, 6) is 0.184. The molecule has 0 atom stereocenters. The maximum absolute atomic E-state index is 12.2. The molecule has 134 valence electrons. The van der Waals surface area contributed by atoms with Crippen LogP contribution in [-0.4, -0.2) is 27.0 Å². The highest BCUT2D eigenvalue weighted by Crippen LogP contribution is 2.23. The number of benzene rings is 2. The Morgan fingerprint density at radius 1 is 1.04 bits per heavy atom. The van der Waals surface area contributed by atoms with Crippen molar-refractivity contribution in [2.24, 2.45) is 0 Å².